The van der Waals surface area contributed by atoms with Gasteiger partial charge in [-0.3, -0.25) is 0 Å². The topological polar surface area (TPSA) is 51.0 Å². The Kier molecular flexibility index (Phi) is 3.37. The first-order valence-corrected chi connectivity index (χ1v) is 7.38. The van der Waals surface area contributed by atoms with E-state index in [9.17, 15) is 0 Å². The van der Waals surface area contributed by atoms with Crippen LogP contribution in [0.3, 0.4) is 0 Å². The fourth-order valence-corrected chi connectivity index (χ4v) is 3.36. The molecule has 3 unspecified atom stereocenters. The van der Waals surface area contributed by atoms with Crippen molar-refractivity contribution < 1.29 is 4.42 Å². The largest absolute Gasteiger partial charge is 0.423 e. The van der Waals surface area contributed by atoms with Crippen LogP contribution in [-0.4, -0.2) is 16.7 Å². The van der Waals surface area contributed by atoms with E-state index < -0.39 is 0 Å². The highest BCUT2D eigenvalue weighted by atomic mass is 16.4. The normalized spacial score (nSPS) is 32.0. The van der Waals surface area contributed by atoms with Gasteiger partial charge in [-0.15, -0.1) is 10.2 Å². The zero-order valence-electron chi connectivity index (χ0n) is 11.4. The highest BCUT2D eigenvalue weighted by molar-refractivity contribution is 5.14. The van der Waals surface area contributed by atoms with E-state index in [0.717, 1.165) is 36.6 Å². The van der Waals surface area contributed by atoms with Gasteiger partial charge in [-0.2, -0.15) is 0 Å². The average molecular weight is 249 g/mol. The van der Waals surface area contributed by atoms with Gasteiger partial charge in [-0.25, -0.2) is 0 Å². The molecule has 0 amide bonds. The molecule has 100 valence electrons. The van der Waals surface area contributed by atoms with Crippen molar-refractivity contribution >= 4 is 0 Å². The molecule has 0 radical (unpaired) electrons. The summed E-state index contributed by atoms with van der Waals surface area (Å²) in [7, 11) is 0. The van der Waals surface area contributed by atoms with Crippen molar-refractivity contribution in [3.63, 3.8) is 0 Å². The summed E-state index contributed by atoms with van der Waals surface area (Å²) in [5.74, 6) is 3.90. The maximum absolute atomic E-state index is 5.87. The second-order valence-corrected chi connectivity index (χ2v) is 5.79. The van der Waals surface area contributed by atoms with E-state index in [1.165, 1.54) is 25.7 Å². The van der Waals surface area contributed by atoms with Crippen LogP contribution in [0.15, 0.2) is 4.42 Å². The van der Waals surface area contributed by atoms with Crippen molar-refractivity contribution in [3.8, 4) is 0 Å². The molecule has 0 spiro atoms. The van der Waals surface area contributed by atoms with E-state index in [4.69, 9.17) is 4.42 Å². The number of hydrogen-bond acceptors (Lipinski definition) is 4. The quantitative estimate of drug-likeness (QED) is 0.871. The molecule has 2 fully saturated rings. The van der Waals surface area contributed by atoms with Crippen molar-refractivity contribution in [2.45, 2.75) is 57.9 Å². The molecule has 2 aliphatic carbocycles. The predicted molar refractivity (Wildman–Crippen MR) is 69.2 cm³/mol. The van der Waals surface area contributed by atoms with E-state index in [2.05, 4.69) is 29.4 Å². The maximum Gasteiger partial charge on any atom is 0.233 e. The van der Waals surface area contributed by atoms with Gasteiger partial charge in [-0.05, 0) is 44.6 Å². The van der Waals surface area contributed by atoms with Crippen molar-refractivity contribution in [1.82, 2.24) is 15.5 Å². The molecule has 1 heterocycles. The molecule has 0 aromatic carbocycles. The maximum atomic E-state index is 5.87. The molecule has 18 heavy (non-hydrogen) atoms. The standard InChI is InChI=1S/C14H23N3O/c1-3-8-15-9(2)13-16-17-14(18-13)12-10-6-4-5-7-11(10)12/h9-12,15H,3-8H2,1-2H3. The van der Waals surface area contributed by atoms with Crippen LogP contribution in [0, 0.1) is 11.8 Å². The first-order valence-electron chi connectivity index (χ1n) is 7.38. The summed E-state index contributed by atoms with van der Waals surface area (Å²) in [6.45, 7) is 5.24. The Labute approximate surface area is 109 Å². The molecular formula is C14H23N3O. The van der Waals surface area contributed by atoms with Crippen molar-refractivity contribution in [1.29, 1.82) is 0 Å². The lowest BCUT2D eigenvalue weighted by atomic mass is 10.0. The van der Waals surface area contributed by atoms with Crippen LogP contribution in [0.4, 0.5) is 0 Å². The van der Waals surface area contributed by atoms with Gasteiger partial charge in [0.1, 0.15) is 0 Å². The number of rotatable bonds is 5. The van der Waals surface area contributed by atoms with E-state index in [1.807, 2.05) is 0 Å². The van der Waals surface area contributed by atoms with E-state index in [-0.39, 0.29) is 6.04 Å². The Morgan fingerprint density at radius 2 is 2.00 bits per heavy atom. The van der Waals surface area contributed by atoms with Gasteiger partial charge in [0, 0.05) is 5.92 Å². The fourth-order valence-electron chi connectivity index (χ4n) is 3.36. The Morgan fingerprint density at radius 3 is 2.67 bits per heavy atom. The lowest BCUT2D eigenvalue weighted by Crippen LogP contribution is -2.19. The zero-order chi connectivity index (χ0) is 12.5. The smallest absolute Gasteiger partial charge is 0.233 e. The molecule has 1 N–H and O–H groups in total. The Hall–Kier alpha value is -0.900. The molecule has 2 aliphatic rings. The van der Waals surface area contributed by atoms with E-state index >= 15 is 0 Å². The second kappa shape index (κ2) is 5.00. The minimum absolute atomic E-state index is 0.173. The number of aromatic nitrogens is 2. The molecule has 0 saturated heterocycles. The van der Waals surface area contributed by atoms with Gasteiger partial charge in [0.2, 0.25) is 11.8 Å². The Morgan fingerprint density at radius 1 is 1.28 bits per heavy atom. The summed E-state index contributed by atoms with van der Waals surface area (Å²) in [6.07, 6.45) is 6.60. The third-order valence-corrected chi connectivity index (χ3v) is 4.47. The monoisotopic (exact) mass is 249 g/mol. The number of nitrogens with zero attached hydrogens (tertiary/aromatic N) is 2. The van der Waals surface area contributed by atoms with E-state index in [0.29, 0.717) is 5.92 Å². The minimum atomic E-state index is 0.173. The molecule has 1 aromatic heterocycles. The molecule has 4 nitrogen and oxygen atoms in total. The number of hydrogen-bond donors (Lipinski definition) is 1. The minimum Gasteiger partial charge on any atom is -0.423 e. The number of nitrogens with one attached hydrogen (secondary N) is 1. The fraction of sp³-hybridized carbons (Fsp3) is 0.857. The lowest BCUT2D eigenvalue weighted by Gasteiger charge is -2.07. The second-order valence-electron chi connectivity index (χ2n) is 5.79. The number of fused-ring (bicyclic) bond motifs is 1. The molecule has 2 saturated carbocycles. The van der Waals surface area contributed by atoms with Gasteiger partial charge in [0.15, 0.2) is 0 Å². The summed E-state index contributed by atoms with van der Waals surface area (Å²) in [6, 6.07) is 0.173. The summed E-state index contributed by atoms with van der Waals surface area (Å²) >= 11 is 0. The van der Waals surface area contributed by atoms with Crippen LogP contribution in [0.25, 0.3) is 0 Å². The first-order chi connectivity index (χ1) is 8.81. The molecule has 3 rings (SSSR count). The highest BCUT2D eigenvalue weighted by Gasteiger charge is 2.54. The van der Waals surface area contributed by atoms with Gasteiger partial charge >= 0.3 is 0 Å². The SMILES string of the molecule is CCCNC(C)c1nnc(C2C3CCCCC32)o1. The van der Waals surface area contributed by atoms with Crippen LogP contribution >= 0.6 is 0 Å². The molecule has 1 aromatic rings. The van der Waals surface area contributed by atoms with E-state index in [1.54, 1.807) is 0 Å². The van der Waals surface area contributed by atoms with Gasteiger partial charge in [-0.1, -0.05) is 19.8 Å². The van der Waals surface area contributed by atoms with Crippen molar-refractivity contribution in [2.24, 2.45) is 11.8 Å². The molecule has 0 bridgehead atoms. The molecule has 0 aliphatic heterocycles. The summed E-state index contributed by atoms with van der Waals surface area (Å²) in [4.78, 5) is 0. The summed E-state index contributed by atoms with van der Waals surface area (Å²) in [5.41, 5.74) is 0. The predicted octanol–water partition coefficient (Wildman–Crippen LogP) is 3.03. The molecule has 4 heteroatoms. The van der Waals surface area contributed by atoms with Crippen LogP contribution in [0.2, 0.25) is 0 Å². The van der Waals surface area contributed by atoms with Gasteiger partial charge in [0.05, 0.1) is 6.04 Å². The van der Waals surface area contributed by atoms with Crippen molar-refractivity contribution in [2.75, 3.05) is 6.54 Å². The Balaban J connectivity index is 1.63. The first kappa shape index (κ1) is 12.2. The van der Waals surface area contributed by atoms with Crippen molar-refractivity contribution in [3.05, 3.63) is 11.8 Å². The molecule has 3 atom stereocenters. The molecular weight excluding hydrogens is 226 g/mol. The average Bonchev–Trinajstić information content (AvgIpc) is 2.93. The van der Waals surface area contributed by atoms with Crippen LogP contribution in [0.5, 0.6) is 0 Å². The lowest BCUT2D eigenvalue weighted by molar-refractivity contribution is 0.389. The zero-order valence-corrected chi connectivity index (χ0v) is 11.4. The van der Waals surface area contributed by atoms with Crippen LogP contribution in [-0.2, 0) is 0 Å². The third kappa shape index (κ3) is 2.18. The van der Waals surface area contributed by atoms with Gasteiger partial charge in [0.25, 0.3) is 0 Å². The third-order valence-electron chi connectivity index (χ3n) is 4.47. The summed E-state index contributed by atoms with van der Waals surface area (Å²) < 4.78 is 5.87. The van der Waals surface area contributed by atoms with Gasteiger partial charge < -0.3 is 9.73 Å². The highest BCUT2D eigenvalue weighted by Crippen LogP contribution is 2.60. The van der Waals surface area contributed by atoms with Crippen LogP contribution in [0.1, 0.15) is 69.7 Å². The summed E-state index contributed by atoms with van der Waals surface area (Å²) in [5, 5.41) is 11.9. The van der Waals surface area contributed by atoms with Crippen LogP contribution < -0.4 is 5.32 Å². The Bertz CT molecular complexity index is 391.